The quantitative estimate of drug-likeness (QED) is 0.0657. The first-order valence-corrected chi connectivity index (χ1v) is 15.1. The topological polar surface area (TPSA) is 135 Å². The third kappa shape index (κ3) is 19.5. The maximum Gasteiger partial charge on any atom is 0.326 e. The predicted octanol–water partition coefficient (Wildman–Crippen LogP) is 5.97. The second kappa shape index (κ2) is 24.3. The molecule has 1 aromatic heterocycles. The van der Waals surface area contributed by atoms with E-state index in [1.165, 1.54) is 6.20 Å². The molecule has 0 bridgehead atoms. The maximum absolute atomic E-state index is 12.2. The number of unbranched alkanes of at least 4 members (excludes halogenated alkanes) is 1. The van der Waals surface area contributed by atoms with Crippen LogP contribution in [0, 0.1) is 12.1 Å². The summed E-state index contributed by atoms with van der Waals surface area (Å²) in [7, 11) is 0. The van der Waals surface area contributed by atoms with Crippen LogP contribution in [0.5, 0.6) is 0 Å². The molecule has 0 fully saturated rings. The number of aromatic nitrogens is 2. The molecule has 0 aliphatic carbocycles. The Morgan fingerprint density at radius 1 is 0.884 bits per heavy atom. The smallest absolute Gasteiger partial charge is 0.326 e. The second-order valence-corrected chi connectivity index (χ2v) is 9.90. The van der Waals surface area contributed by atoms with Crippen LogP contribution < -0.4 is 15.4 Å². The molecule has 1 rings (SSSR count). The number of carbonyl (C=O) groups excluding carboxylic acids is 2. The Hall–Kier alpha value is -4.27. The van der Waals surface area contributed by atoms with Gasteiger partial charge in [0.1, 0.15) is 6.04 Å². The van der Waals surface area contributed by atoms with Crippen molar-refractivity contribution >= 4 is 17.8 Å². The summed E-state index contributed by atoms with van der Waals surface area (Å²) in [5.41, 5.74) is 0.402. The molecule has 9 heteroatoms. The van der Waals surface area contributed by atoms with E-state index in [0.717, 1.165) is 44.7 Å². The lowest BCUT2D eigenvalue weighted by atomic mass is 10.1. The first-order chi connectivity index (χ1) is 20.8. The van der Waals surface area contributed by atoms with Crippen molar-refractivity contribution in [2.45, 2.75) is 90.5 Å². The lowest BCUT2D eigenvalue weighted by Crippen LogP contribution is -2.40. The van der Waals surface area contributed by atoms with Crippen molar-refractivity contribution in [3.63, 3.8) is 0 Å². The Labute approximate surface area is 256 Å². The van der Waals surface area contributed by atoms with Gasteiger partial charge in [-0.15, -0.1) is 0 Å². The van der Waals surface area contributed by atoms with Crippen LogP contribution in [0.15, 0.2) is 85.3 Å². The fourth-order valence-electron chi connectivity index (χ4n) is 3.73. The van der Waals surface area contributed by atoms with Crippen LogP contribution >= 0.6 is 0 Å². The highest BCUT2D eigenvalue weighted by atomic mass is 16.5. The van der Waals surface area contributed by atoms with Crippen LogP contribution in [0.2, 0.25) is 0 Å². The number of amides is 2. The summed E-state index contributed by atoms with van der Waals surface area (Å²) in [6.45, 7) is 4.02. The first-order valence-electron chi connectivity index (χ1n) is 15.1. The van der Waals surface area contributed by atoms with Crippen molar-refractivity contribution in [1.82, 2.24) is 15.6 Å². The van der Waals surface area contributed by atoms with Gasteiger partial charge in [-0.05, 0) is 64.2 Å². The molecule has 0 aliphatic rings. The lowest BCUT2D eigenvalue weighted by molar-refractivity contribution is -0.613. The van der Waals surface area contributed by atoms with Gasteiger partial charge in [-0.3, -0.25) is 9.59 Å². The number of carboxylic acid groups (broad SMARTS) is 1. The van der Waals surface area contributed by atoms with Crippen LogP contribution in [0.4, 0.5) is 0 Å². The van der Waals surface area contributed by atoms with E-state index in [0.29, 0.717) is 36.2 Å². The average Bonchev–Trinajstić information content (AvgIpc) is 2.98. The molecule has 0 radical (unpaired) electrons. The zero-order valence-electron chi connectivity index (χ0n) is 25.6. The van der Waals surface area contributed by atoms with E-state index in [9.17, 15) is 24.7 Å². The van der Waals surface area contributed by atoms with Gasteiger partial charge in [0.05, 0.1) is 6.20 Å². The largest absolute Gasteiger partial charge is 0.618 e. The molecule has 43 heavy (non-hydrogen) atoms. The predicted molar refractivity (Wildman–Crippen MR) is 171 cm³/mol. The van der Waals surface area contributed by atoms with Crippen LogP contribution in [0.1, 0.15) is 93.7 Å². The molecule has 234 valence electrons. The summed E-state index contributed by atoms with van der Waals surface area (Å²) in [6, 6.07) is -0.980. The third-order valence-electron chi connectivity index (χ3n) is 6.18. The van der Waals surface area contributed by atoms with E-state index in [1.54, 1.807) is 6.92 Å². The highest BCUT2D eigenvalue weighted by molar-refractivity contribution is 5.91. The minimum atomic E-state index is -1.09. The molecular weight excluding hydrogens is 544 g/mol. The number of aryl methyl sites for hydroxylation is 1. The van der Waals surface area contributed by atoms with Crippen LogP contribution in [-0.2, 0) is 9.59 Å². The normalized spacial score (nSPS) is 12.9. The number of nitrogens with zero attached hydrogens (tertiary/aromatic N) is 2. The van der Waals surface area contributed by atoms with Crippen molar-refractivity contribution in [3.8, 4) is 0 Å². The SMILES string of the molecule is CCC=CCC=CCC=CCC=CCC=CCC=CCCC(=O)NC(CCCCNC(=O)c1c[n+]([O-])c(C)cn1)C(=O)O. The maximum atomic E-state index is 12.2. The minimum Gasteiger partial charge on any atom is -0.618 e. The fourth-order valence-corrected chi connectivity index (χ4v) is 3.73. The number of nitrogens with one attached hydrogen (secondary N) is 2. The molecule has 1 atom stereocenters. The molecule has 9 nitrogen and oxygen atoms in total. The van der Waals surface area contributed by atoms with Gasteiger partial charge in [-0.25, -0.2) is 9.78 Å². The molecule has 0 aromatic carbocycles. The van der Waals surface area contributed by atoms with Crippen LogP contribution in [0.3, 0.4) is 0 Å². The number of rotatable bonds is 22. The third-order valence-corrected chi connectivity index (χ3v) is 6.18. The molecule has 0 saturated carbocycles. The van der Waals surface area contributed by atoms with Gasteiger partial charge >= 0.3 is 5.97 Å². The number of aliphatic carboxylic acids is 1. The van der Waals surface area contributed by atoms with E-state index in [-0.39, 0.29) is 24.4 Å². The summed E-state index contributed by atoms with van der Waals surface area (Å²) in [5, 5.41) is 26.2. The summed E-state index contributed by atoms with van der Waals surface area (Å²) in [6.07, 6.45) is 35.5. The summed E-state index contributed by atoms with van der Waals surface area (Å²) >= 11 is 0. The van der Waals surface area contributed by atoms with E-state index < -0.39 is 17.9 Å². The van der Waals surface area contributed by atoms with Gasteiger partial charge in [0, 0.05) is 19.9 Å². The summed E-state index contributed by atoms with van der Waals surface area (Å²) < 4.78 is 0.574. The molecule has 0 aliphatic heterocycles. The number of carboxylic acids is 1. The molecule has 0 saturated heterocycles. The molecule has 1 aromatic rings. The lowest BCUT2D eigenvalue weighted by Gasteiger charge is -2.14. The van der Waals surface area contributed by atoms with Crippen LogP contribution in [-0.4, -0.2) is 40.5 Å². The number of carbonyl (C=O) groups is 3. The Bertz CT molecular complexity index is 1150. The van der Waals surface area contributed by atoms with Gasteiger partial charge in [0.2, 0.25) is 17.8 Å². The molecule has 1 heterocycles. The standard InChI is InChI=1S/C34H48N4O5/c1-3-4-5-6-7-8-9-10-11-12-13-14-15-16-17-18-19-20-21-25-32(39)37-30(34(41)42)24-22-23-26-35-33(40)31-28-38(43)29(2)27-36-31/h4-5,7-8,10-11,13-14,16-17,19-20,27-28,30H,3,6,9,12,15,18,21-26H2,1-2H3,(H,35,40)(H,37,39)(H,41,42). The Kier molecular flexibility index (Phi) is 20.8. The van der Waals surface area contributed by atoms with Gasteiger partial charge in [0.25, 0.3) is 5.91 Å². The van der Waals surface area contributed by atoms with Gasteiger partial charge in [0.15, 0.2) is 5.69 Å². The Morgan fingerprint density at radius 3 is 1.93 bits per heavy atom. The molecule has 1 unspecified atom stereocenters. The summed E-state index contributed by atoms with van der Waals surface area (Å²) in [5.74, 6) is -1.87. The fraction of sp³-hybridized carbons (Fsp3) is 0.441. The van der Waals surface area contributed by atoms with E-state index in [1.807, 2.05) is 12.2 Å². The first kappa shape index (κ1) is 36.8. The van der Waals surface area contributed by atoms with Crippen molar-refractivity contribution in [2.24, 2.45) is 0 Å². The van der Waals surface area contributed by atoms with Crippen molar-refractivity contribution in [2.75, 3.05) is 6.54 Å². The Balaban J connectivity index is 2.13. The molecule has 3 N–H and O–H groups in total. The van der Waals surface area contributed by atoms with E-state index in [4.69, 9.17) is 0 Å². The zero-order chi connectivity index (χ0) is 31.5. The molecule has 0 spiro atoms. The number of hydrogen-bond acceptors (Lipinski definition) is 5. The van der Waals surface area contributed by atoms with Gasteiger partial charge in [-0.1, -0.05) is 79.8 Å². The van der Waals surface area contributed by atoms with E-state index >= 15 is 0 Å². The highest BCUT2D eigenvalue weighted by Crippen LogP contribution is 2.04. The van der Waals surface area contributed by atoms with Gasteiger partial charge in [-0.2, -0.15) is 4.73 Å². The van der Waals surface area contributed by atoms with Gasteiger partial charge < -0.3 is 20.9 Å². The van der Waals surface area contributed by atoms with Crippen molar-refractivity contribution in [3.05, 3.63) is 102 Å². The Morgan fingerprint density at radius 2 is 1.42 bits per heavy atom. The van der Waals surface area contributed by atoms with Crippen molar-refractivity contribution in [1.29, 1.82) is 0 Å². The van der Waals surface area contributed by atoms with Crippen LogP contribution in [0.25, 0.3) is 0 Å². The number of allylic oxidation sites excluding steroid dienone is 12. The minimum absolute atomic E-state index is 0.0168. The number of hydrogen-bond donors (Lipinski definition) is 3. The zero-order valence-corrected chi connectivity index (χ0v) is 25.6. The summed E-state index contributed by atoms with van der Waals surface area (Å²) in [4.78, 5) is 39.7. The molecule has 2 amide bonds. The second-order valence-electron chi connectivity index (χ2n) is 9.90. The van der Waals surface area contributed by atoms with E-state index in [2.05, 4.69) is 83.3 Å². The highest BCUT2D eigenvalue weighted by Gasteiger charge is 2.19. The average molecular weight is 593 g/mol. The monoisotopic (exact) mass is 592 g/mol. The van der Waals surface area contributed by atoms with Crippen molar-refractivity contribution < 1.29 is 24.2 Å². The molecular formula is C34H48N4O5.